The Bertz CT molecular complexity index is 482. The van der Waals surface area contributed by atoms with E-state index >= 15 is 0 Å². The van der Waals surface area contributed by atoms with Crippen LogP contribution < -0.4 is 0 Å². The van der Waals surface area contributed by atoms with Gasteiger partial charge in [0.2, 0.25) is 0 Å². The number of aliphatic hydroxyl groups excluding tert-OH is 1. The molecule has 1 aromatic carbocycles. The van der Waals surface area contributed by atoms with Gasteiger partial charge in [-0.25, -0.2) is 0 Å². The summed E-state index contributed by atoms with van der Waals surface area (Å²) in [5.74, 6) is 0.668. The van der Waals surface area contributed by atoms with Gasteiger partial charge in [0.1, 0.15) is 17.4 Å². The first-order valence-electron chi connectivity index (χ1n) is 5.31. The first-order chi connectivity index (χ1) is 7.13. The number of furan rings is 1. The van der Waals surface area contributed by atoms with Crippen molar-refractivity contribution in [2.45, 2.75) is 33.3 Å². The minimum atomic E-state index is -0.489. The van der Waals surface area contributed by atoms with Crippen molar-refractivity contribution in [1.29, 1.82) is 0 Å². The lowest BCUT2D eigenvalue weighted by Crippen LogP contribution is -1.91. The quantitative estimate of drug-likeness (QED) is 0.812. The number of rotatable bonds is 2. The molecule has 0 saturated heterocycles. The van der Waals surface area contributed by atoms with Gasteiger partial charge in [-0.15, -0.1) is 0 Å². The molecule has 1 N–H and O–H groups in total. The average Bonchev–Trinajstić information content (AvgIpc) is 2.67. The zero-order valence-corrected chi connectivity index (χ0v) is 9.37. The molecule has 0 bridgehead atoms. The molecule has 0 amide bonds. The molecule has 1 heterocycles. The number of hydrogen-bond donors (Lipinski definition) is 1. The first-order valence-corrected chi connectivity index (χ1v) is 5.31. The Morgan fingerprint density at radius 3 is 2.73 bits per heavy atom. The summed E-state index contributed by atoms with van der Waals surface area (Å²) in [5, 5.41) is 10.8. The van der Waals surface area contributed by atoms with Crippen LogP contribution in [-0.4, -0.2) is 5.11 Å². The average molecular weight is 204 g/mol. The second kappa shape index (κ2) is 3.70. The zero-order chi connectivity index (χ0) is 11.0. The van der Waals surface area contributed by atoms with Gasteiger partial charge >= 0.3 is 0 Å². The third-order valence-electron chi connectivity index (χ3n) is 2.94. The van der Waals surface area contributed by atoms with Gasteiger partial charge < -0.3 is 9.52 Å². The molecule has 1 aromatic heterocycles. The number of fused-ring (bicyclic) bond motifs is 1. The molecule has 2 heteroatoms. The molecule has 2 rings (SSSR count). The monoisotopic (exact) mass is 204 g/mol. The topological polar surface area (TPSA) is 33.4 Å². The van der Waals surface area contributed by atoms with E-state index in [9.17, 15) is 5.11 Å². The van der Waals surface area contributed by atoms with E-state index in [1.165, 1.54) is 5.56 Å². The Morgan fingerprint density at radius 1 is 1.33 bits per heavy atom. The molecule has 1 atom stereocenters. The Hall–Kier alpha value is -1.28. The highest BCUT2D eigenvalue weighted by Crippen LogP contribution is 2.28. The van der Waals surface area contributed by atoms with Crippen LogP contribution in [0, 0.1) is 13.8 Å². The van der Waals surface area contributed by atoms with Crippen LogP contribution in [0.4, 0.5) is 0 Å². The maximum absolute atomic E-state index is 9.70. The molecule has 80 valence electrons. The lowest BCUT2D eigenvalue weighted by Gasteiger charge is -2.02. The summed E-state index contributed by atoms with van der Waals surface area (Å²) in [6.45, 7) is 6.05. The van der Waals surface area contributed by atoms with Crippen molar-refractivity contribution in [3.05, 3.63) is 35.1 Å². The van der Waals surface area contributed by atoms with Crippen LogP contribution in [0.3, 0.4) is 0 Å². The minimum Gasteiger partial charge on any atom is -0.458 e. The molecule has 2 nitrogen and oxygen atoms in total. The molecule has 0 aliphatic carbocycles. The van der Waals surface area contributed by atoms with Gasteiger partial charge in [0, 0.05) is 5.39 Å². The molecule has 0 saturated carbocycles. The zero-order valence-electron chi connectivity index (χ0n) is 9.37. The van der Waals surface area contributed by atoms with Crippen LogP contribution >= 0.6 is 0 Å². The van der Waals surface area contributed by atoms with Crippen LogP contribution in [0.1, 0.15) is 36.3 Å². The van der Waals surface area contributed by atoms with E-state index in [-0.39, 0.29) is 0 Å². The van der Waals surface area contributed by atoms with E-state index in [4.69, 9.17) is 4.42 Å². The minimum absolute atomic E-state index is 0.489. The smallest absolute Gasteiger partial charge is 0.137 e. The summed E-state index contributed by atoms with van der Waals surface area (Å²) in [6.07, 6.45) is 0.190. The van der Waals surface area contributed by atoms with Crippen molar-refractivity contribution in [2.24, 2.45) is 0 Å². The molecular formula is C13H16O2. The van der Waals surface area contributed by atoms with E-state index in [1.807, 2.05) is 26.0 Å². The van der Waals surface area contributed by atoms with Crippen molar-refractivity contribution in [3.8, 4) is 0 Å². The maximum Gasteiger partial charge on any atom is 0.137 e. The van der Waals surface area contributed by atoms with Crippen molar-refractivity contribution in [3.63, 3.8) is 0 Å². The lowest BCUT2D eigenvalue weighted by molar-refractivity contribution is 0.148. The Morgan fingerprint density at radius 2 is 2.07 bits per heavy atom. The standard InChI is InChI=1S/C13H16O2/c1-4-11(14)12-7-10-6-5-8(2)9(3)13(10)15-12/h5-7,11,14H,4H2,1-3H3. The van der Waals surface area contributed by atoms with Crippen molar-refractivity contribution in [2.75, 3.05) is 0 Å². The van der Waals surface area contributed by atoms with Gasteiger partial charge in [0.25, 0.3) is 0 Å². The third kappa shape index (κ3) is 1.65. The number of aryl methyl sites for hydroxylation is 2. The van der Waals surface area contributed by atoms with Crippen molar-refractivity contribution >= 4 is 11.0 Å². The molecule has 0 radical (unpaired) electrons. The summed E-state index contributed by atoms with van der Waals surface area (Å²) < 4.78 is 5.68. The molecule has 15 heavy (non-hydrogen) atoms. The molecule has 2 aromatic rings. The first kappa shape index (κ1) is 10.2. The highest BCUT2D eigenvalue weighted by atomic mass is 16.4. The van der Waals surface area contributed by atoms with Gasteiger partial charge in [0.15, 0.2) is 0 Å². The van der Waals surface area contributed by atoms with Gasteiger partial charge in [-0.2, -0.15) is 0 Å². The third-order valence-corrected chi connectivity index (χ3v) is 2.94. The Labute approximate surface area is 89.5 Å². The normalized spacial score (nSPS) is 13.3. The molecule has 0 aliphatic rings. The van der Waals surface area contributed by atoms with Crippen LogP contribution in [0.5, 0.6) is 0 Å². The largest absolute Gasteiger partial charge is 0.458 e. The summed E-state index contributed by atoms with van der Waals surface area (Å²) in [4.78, 5) is 0. The van der Waals surface area contributed by atoms with Crippen molar-refractivity contribution < 1.29 is 9.52 Å². The molecule has 1 unspecified atom stereocenters. The van der Waals surface area contributed by atoms with Crippen LogP contribution in [0.2, 0.25) is 0 Å². The fraction of sp³-hybridized carbons (Fsp3) is 0.385. The molecular weight excluding hydrogens is 188 g/mol. The van der Waals surface area contributed by atoms with Crippen LogP contribution in [0.25, 0.3) is 11.0 Å². The van der Waals surface area contributed by atoms with E-state index < -0.39 is 6.10 Å². The fourth-order valence-electron chi connectivity index (χ4n) is 1.73. The predicted molar refractivity (Wildman–Crippen MR) is 60.9 cm³/mol. The maximum atomic E-state index is 9.70. The van der Waals surface area contributed by atoms with Gasteiger partial charge in [-0.3, -0.25) is 0 Å². The number of aliphatic hydroxyl groups is 1. The Balaban J connectivity index is 2.61. The van der Waals surface area contributed by atoms with E-state index in [0.29, 0.717) is 12.2 Å². The van der Waals surface area contributed by atoms with Gasteiger partial charge in [0.05, 0.1) is 0 Å². The second-order valence-corrected chi connectivity index (χ2v) is 4.00. The summed E-state index contributed by atoms with van der Waals surface area (Å²) in [7, 11) is 0. The predicted octanol–water partition coefficient (Wildman–Crippen LogP) is 3.49. The SMILES string of the molecule is CCC(O)c1cc2ccc(C)c(C)c2o1. The summed E-state index contributed by atoms with van der Waals surface area (Å²) in [5.41, 5.74) is 3.27. The lowest BCUT2D eigenvalue weighted by atomic mass is 10.1. The van der Waals surface area contributed by atoms with E-state index in [2.05, 4.69) is 13.0 Å². The fourth-order valence-corrected chi connectivity index (χ4v) is 1.73. The molecule has 0 aliphatic heterocycles. The summed E-state index contributed by atoms with van der Waals surface area (Å²) >= 11 is 0. The summed E-state index contributed by atoms with van der Waals surface area (Å²) in [6, 6.07) is 6.04. The van der Waals surface area contributed by atoms with Gasteiger partial charge in [-0.1, -0.05) is 19.1 Å². The van der Waals surface area contributed by atoms with E-state index in [0.717, 1.165) is 16.5 Å². The van der Waals surface area contributed by atoms with E-state index in [1.54, 1.807) is 0 Å². The molecule has 0 spiro atoms. The number of hydrogen-bond acceptors (Lipinski definition) is 2. The van der Waals surface area contributed by atoms with Crippen LogP contribution in [-0.2, 0) is 0 Å². The van der Waals surface area contributed by atoms with Crippen molar-refractivity contribution in [1.82, 2.24) is 0 Å². The highest BCUT2D eigenvalue weighted by Gasteiger charge is 2.12. The second-order valence-electron chi connectivity index (χ2n) is 4.00. The highest BCUT2D eigenvalue weighted by molar-refractivity contribution is 5.82. The van der Waals surface area contributed by atoms with Crippen LogP contribution in [0.15, 0.2) is 22.6 Å². The van der Waals surface area contributed by atoms with Gasteiger partial charge in [-0.05, 0) is 37.5 Å². The Kier molecular flexibility index (Phi) is 2.53. The molecule has 0 fully saturated rings. The number of benzene rings is 1.